The van der Waals surface area contributed by atoms with Crippen molar-refractivity contribution in [2.24, 2.45) is 0 Å². The van der Waals surface area contributed by atoms with Gasteiger partial charge in [-0.1, -0.05) is 15.9 Å². The number of hydrogen-bond acceptors (Lipinski definition) is 3. The maximum absolute atomic E-state index is 13.6. The SMILES string of the molecule is Cc1oc(CNC(=O)c2ccc(Br)cc2F)cc1C(=O)O. The molecule has 0 aliphatic heterocycles. The Morgan fingerprint density at radius 2 is 2.05 bits per heavy atom. The Labute approximate surface area is 127 Å². The standard InChI is InChI=1S/C14H11BrFNO4/c1-7-11(14(19)20)5-9(21-7)6-17-13(18)10-3-2-8(15)4-12(10)16/h2-5H,6H2,1H3,(H,17,18)(H,19,20). The minimum absolute atomic E-state index is 0.0253. The van der Waals surface area contributed by atoms with Crippen molar-refractivity contribution in [1.29, 1.82) is 0 Å². The lowest BCUT2D eigenvalue weighted by molar-refractivity contribution is 0.0694. The summed E-state index contributed by atoms with van der Waals surface area (Å²) in [6, 6.07) is 5.42. The highest BCUT2D eigenvalue weighted by molar-refractivity contribution is 9.10. The van der Waals surface area contributed by atoms with E-state index in [-0.39, 0.29) is 29.2 Å². The summed E-state index contributed by atoms with van der Waals surface area (Å²) < 4.78 is 19.4. The van der Waals surface area contributed by atoms with E-state index in [9.17, 15) is 14.0 Å². The van der Waals surface area contributed by atoms with E-state index in [2.05, 4.69) is 21.2 Å². The minimum atomic E-state index is -1.10. The maximum Gasteiger partial charge on any atom is 0.339 e. The van der Waals surface area contributed by atoms with E-state index >= 15 is 0 Å². The summed E-state index contributed by atoms with van der Waals surface area (Å²) in [6.45, 7) is 1.49. The van der Waals surface area contributed by atoms with Crippen LogP contribution in [0.1, 0.15) is 32.2 Å². The number of benzene rings is 1. The summed E-state index contributed by atoms with van der Waals surface area (Å²) in [5, 5.41) is 11.4. The van der Waals surface area contributed by atoms with Crippen molar-refractivity contribution in [3.05, 3.63) is 57.2 Å². The van der Waals surface area contributed by atoms with Crippen LogP contribution in [0.3, 0.4) is 0 Å². The number of carbonyl (C=O) groups excluding carboxylic acids is 1. The highest BCUT2D eigenvalue weighted by atomic mass is 79.9. The lowest BCUT2D eigenvalue weighted by Gasteiger charge is -2.04. The number of rotatable bonds is 4. The first-order chi connectivity index (χ1) is 9.88. The molecule has 0 fully saturated rings. The van der Waals surface area contributed by atoms with Crippen molar-refractivity contribution in [2.75, 3.05) is 0 Å². The molecule has 0 saturated heterocycles. The van der Waals surface area contributed by atoms with Gasteiger partial charge in [0.2, 0.25) is 0 Å². The zero-order valence-electron chi connectivity index (χ0n) is 10.9. The minimum Gasteiger partial charge on any atom is -0.478 e. The van der Waals surface area contributed by atoms with Gasteiger partial charge in [0, 0.05) is 4.47 Å². The molecule has 7 heteroatoms. The molecule has 110 valence electrons. The first-order valence-electron chi connectivity index (χ1n) is 5.94. The van der Waals surface area contributed by atoms with Crippen LogP contribution >= 0.6 is 15.9 Å². The lowest BCUT2D eigenvalue weighted by atomic mass is 10.2. The van der Waals surface area contributed by atoms with Gasteiger partial charge in [0.25, 0.3) is 5.91 Å². The third kappa shape index (κ3) is 3.49. The fraction of sp³-hybridized carbons (Fsp3) is 0.143. The number of amides is 1. The third-order valence-electron chi connectivity index (χ3n) is 2.80. The lowest BCUT2D eigenvalue weighted by Crippen LogP contribution is -2.23. The fourth-order valence-electron chi connectivity index (χ4n) is 1.78. The molecule has 0 aliphatic rings. The smallest absolute Gasteiger partial charge is 0.339 e. The molecule has 0 radical (unpaired) electrons. The normalized spacial score (nSPS) is 10.4. The summed E-state index contributed by atoms with van der Waals surface area (Å²) in [7, 11) is 0. The molecule has 1 amide bonds. The Balaban J connectivity index is 2.07. The van der Waals surface area contributed by atoms with Crippen LogP contribution in [-0.4, -0.2) is 17.0 Å². The van der Waals surface area contributed by atoms with Crippen molar-refractivity contribution < 1.29 is 23.5 Å². The van der Waals surface area contributed by atoms with Crippen LogP contribution in [0, 0.1) is 12.7 Å². The molecule has 0 unspecified atom stereocenters. The Bertz CT molecular complexity index is 711. The molecule has 1 heterocycles. The maximum atomic E-state index is 13.6. The van der Waals surface area contributed by atoms with Gasteiger partial charge >= 0.3 is 5.97 Å². The molecule has 0 bridgehead atoms. The van der Waals surface area contributed by atoms with Crippen LogP contribution in [0.25, 0.3) is 0 Å². The number of carboxylic acid groups (broad SMARTS) is 1. The third-order valence-corrected chi connectivity index (χ3v) is 3.29. The second-order valence-corrected chi connectivity index (χ2v) is 5.21. The number of furan rings is 1. The van der Waals surface area contributed by atoms with Gasteiger partial charge in [-0.05, 0) is 31.2 Å². The highest BCUT2D eigenvalue weighted by Crippen LogP contribution is 2.17. The number of hydrogen-bond donors (Lipinski definition) is 2. The van der Waals surface area contributed by atoms with Crippen LogP contribution in [0.4, 0.5) is 4.39 Å². The molecule has 1 aromatic carbocycles. The zero-order valence-corrected chi connectivity index (χ0v) is 12.5. The van der Waals surface area contributed by atoms with Gasteiger partial charge in [0.05, 0.1) is 12.1 Å². The zero-order chi connectivity index (χ0) is 15.6. The second kappa shape index (κ2) is 6.09. The fourth-order valence-corrected chi connectivity index (χ4v) is 2.11. The Morgan fingerprint density at radius 3 is 2.62 bits per heavy atom. The largest absolute Gasteiger partial charge is 0.478 e. The van der Waals surface area contributed by atoms with Gasteiger partial charge in [-0.3, -0.25) is 4.79 Å². The number of halogens is 2. The summed E-state index contributed by atoms with van der Waals surface area (Å²) in [4.78, 5) is 22.7. The van der Waals surface area contributed by atoms with Crippen molar-refractivity contribution in [3.8, 4) is 0 Å². The van der Waals surface area contributed by atoms with E-state index in [1.807, 2.05) is 0 Å². The van der Waals surface area contributed by atoms with Crippen LogP contribution in [0.5, 0.6) is 0 Å². The molecule has 0 atom stereocenters. The molecular weight excluding hydrogens is 345 g/mol. The summed E-state index contributed by atoms with van der Waals surface area (Å²) in [6.07, 6.45) is 0. The van der Waals surface area contributed by atoms with E-state index in [0.29, 0.717) is 4.47 Å². The van der Waals surface area contributed by atoms with E-state index in [1.165, 1.54) is 25.1 Å². The summed E-state index contributed by atoms with van der Waals surface area (Å²) in [5.41, 5.74) is -0.0611. The molecule has 0 spiro atoms. The Kier molecular flexibility index (Phi) is 4.42. The molecule has 5 nitrogen and oxygen atoms in total. The van der Waals surface area contributed by atoms with Crippen LogP contribution in [0.2, 0.25) is 0 Å². The predicted molar refractivity (Wildman–Crippen MR) is 75.7 cm³/mol. The molecule has 0 saturated carbocycles. The van der Waals surface area contributed by atoms with Crippen LogP contribution in [0.15, 0.2) is 33.2 Å². The number of aromatic carboxylic acids is 1. The first-order valence-corrected chi connectivity index (χ1v) is 6.73. The number of carbonyl (C=O) groups is 2. The Morgan fingerprint density at radius 1 is 1.33 bits per heavy atom. The van der Waals surface area contributed by atoms with Gasteiger partial charge in [-0.2, -0.15) is 0 Å². The van der Waals surface area contributed by atoms with Crippen molar-refractivity contribution in [3.63, 3.8) is 0 Å². The van der Waals surface area contributed by atoms with Gasteiger partial charge < -0.3 is 14.8 Å². The van der Waals surface area contributed by atoms with Gasteiger partial charge in [0.1, 0.15) is 22.9 Å². The average Bonchev–Trinajstić information content (AvgIpc) is 2.77. The predicted octanol–water partition coefficient (Wildman–Crippen LogP) is 3.12. The van der Waals surface area contributed by atoms with E-state index in [0.717, 1.165) is 0 Å². The molecular formula is C14H11BrFNO4. The number of aryl methyl sites for hydroxylation is 1. The van der Waals surface area contributed by atoms with E-state index in [1.54, 1.807) is 6.07 Å². The molecule has 0 aliphatic carbocycles. The molecule has 1 aromatic heterocycles. The van der Waals surface area contributed by atoms with Gasteiger partial charge in [-0.25, -0.2) is 9.18 Å². The first kappa shape index (κ1) is 15.2. The van der Waals surface area contributed by atoms with E-state index in [4.69, 9.17) is 9.52 Å². The summed E-state index contributed by atoms with van der Waals surface area (Å²) in [5.74, 6) is -1.82. The molecule has 2 rings (SSSR count). The topological polar surface area (TPSA) is 79.5 Å². The van der Waals surface area contributed by atoms with Crippen molar-refractivity contribution >= 4 is 27.8 Å². The summed E-state index contributed by atoms with van der Waals surface area (Å²) >= 11 is 3.10. The van der Waals surface area contributed by atoms with Gasteiger partial charge in [0.15, 0.2) is 0 Å². The Hall–Kier alpha value is -2.15. The molecule has 2 N–H and O–H groups in total. The average molecular weight is 356 g/mol. The second-order valence-electron chi connectivity index (χ2n) is 4.29. The highest BCUT2D eigenvalue weighted by Gasteiger charge is 2.16. The number of carboxylic acids is 1. The van der Waals surface area contributed by atoms with Crippen LogP contribution < -0.4 is 5.32 Å². The van der Waals surface area contributed by atoms with Gasteiger partial charge in [-0.15, -0.1) is 0 Å². The quantitative estimate of drug-likeness (QED) is 0.882. The van der Waals surface area contributed by atoms with Crippen LogP contribution in [-0.2, 0) is 6.54 Å². The van der Waals surface area contributed by atoms with E-state index < -0.39 is 17.7 Å². The molecule has 21 heavy (non-hydrogen) atoms. The molecule has 2 aromatic rings. The van der Waals surface area contributed by atoms with Crippen molar-refractivity contribution in [1.82, 2.24) is 5.32 Å². The monoisotopic (exact) mass is 355 g/mol. The number of nitrogens with one attached hydrogen (secondary N) is 1. The van der Waals surface area contributed by atoms with Crippen molar-refractivity contribution in [2.45, 2.75) is 13.5 Å².